The second-order valence-corrected chi connectivity index (χ2v) is 6.04. The molecule has 0 fully saturated rings. The van der Waals surface area contributed by atoms with Gasteiger partial charge in [0.15, 0.2) is 0 Å². The van der Waals surface area contributed by atoms with E-state index in [1.807, 2.05) is 26.0 Å². The summed E-state index contributed by atoms with van der Waals surface area (Å²) in [7, 11) is 0. The zero-order valence-corrected chi connectivity index (χ0v) is 14.0. The monoisotopic (exact) mass is 350 g/mol. The lowest BCUT2D eigenvalue weighted by molar-refractivity contribution is 0.607. The van der Waals surface area contributed by atoms with Gasteiger partial charge in [-0.1, -0.05) is 19.1 Å². The molecular formula is C17H20BrFN2. The van der Waals surface area contributed by atoms with Crippen molar-refractivity contribution in [1.82, 2.24) is 4.98 Å². The molecule has 1 heterocycles. The van der Waals surface area contributed by atoms with Gasteiger partial charge >= 0.3 is 0 Å². The van der Waals surface area contributed by atoms with Crippen molar-refractivity contribution in [3.05, 3.63) is 56.9 Å². The van der Waals surface area contributed by atoms with Crippen LogP contribution in [-0.2, 0) is 19.3 Å². The summed E-state index contributed by atoms with van der Waals surface area (Å²) in [4.78, 5) is 4.32. The van der Waals surface area contributed by atoms with E-state index in [0.717, 1.165) is 52.5 Å². The Kier molecular flexibility index (Phi) is 5.34. The number of halogens is 2. The zero-order valence-electron chi connectivity index (χ0n) is 12.4. The first-order valence-electron chi connectivity index (χ1n) is 7.20. The van der Waals surface area contributed by atoms with Crippen LogP contribution >= 0.6 is 15.9 Å². The van der Waals surface area contributed by atoms with Gasteiger partial charge in [0.25, 0.3) is 0 Å². The average Bonchev–Trinajstić information content (AvgIpc) is 2.44. The standard InChI is InChI=1S/C17H20BrFN2/c1-3-14-12(7-5-9-16(14)19)6-4-8-13-10-15(18)11(2)21-17(13)20/h5,7,9-10H,3-4,6,8H2,1-2H3,(H2,20,21). The maximum atomic E-state index is 13.7. The molecule has 0 aliphatic carbocycles. The molecule has 0 radical (unpaired) electrons. The molecule has 0 atom stereocenters. The molecule has 1 aromatic carbocycles. The first-order chi connectivity index (χ1) is 10.0. The van der Waals surface area contributed by atoms with E-state index in [-0.39, 0.29) is 5.82 Å². The minimum Gasteiger partial charge on any atom is -0.383 e. The SMILES string of the molecule is CCc1c(F)cccc1CCCc1cc(Br)c(C)nc1N. The van der Waals surface area contributed by atoms with Crippen molar-refractivity contribution in [2.24, 2.45) is 0 Å². The molecule has 0 aliphatic heterocycles. The number of benzene rings is 1. The van der Waals surface area contributed by atoms with Crippen LogP contribution in [-0.4, -0.2) is 4.98 Å². The van der Waals surface area contributed by atoms with E-state index < -0.39 is 0 Å². The summed E-state index contributed by atoms with van der Waals surface area (Å²) >= 11 is 3.48. The smallest absolute Gasteiger partial charge is 0.126 e. The number of nitrogen functional groups attached to an aromatic ring is 1. The highest BCUT2D eigenvalue weighted by Gasteiger charge is 2.08. The van der Waals surface area contributed by atoms with Gasteiger partial charge < -0.3 is 5.73 Å². The van der Waals surface area contributed by atoms with Crippen LogP contribution in [0.2, 0.25) is 0 Å². The van der Waals surface area contributed by atoms with Crippen molar-refractivity contribution in [2.45, 2.75) is 39.5 Å². The third kappa shape index (κ3) is 3.82. The van der Waals surface area contributed by atoms with E-state index in [1.165, 1.54) is 6.07 Å². The summed E-state index contributed by atoms with van der Waals surface area (Å²) in [5.74, 6) is 0.486. The van der Waals surface area contributed by atoms with Crippen LogP contribution in [0.15, 0.2) is 28.7 Å². The normalized spacial score (nSPS) is 10.9. The highest BCUT2D eigenvalue weighted by Crippen LogP contribution is 2.22. The highest BCUT2D eigenvalue weighted by atomic mass is 79.9. The number of rotatable bonds is 5. The van der Waals surface area contributed by atoms with E-state index in [0.29, 0.717) is 5.82 Å². The van der Waals surface area contributed by atoms with Crippen molar-refractivity contribution < 1.29 is 4.39 Å². The summed E-state index contributed by atoms with van der Waals surface area (Å²) < 4.78 is 14.7. The van der Waals surface area contributed by atoms with Gasteiger partial charge in [0.1, 0.15) is 11.6 Å². The lowest BCUT2D eigenvalue weighted by Crippen LogP contribution is -2.02. The molecule has 0 amide bonds. The van der Waals surface area contributed by atoms with Gasteiger partial charge in [-0.05, 0) is 77.4 Å². The van der Waals surface area contributed by atoms with Crippen LogP contribution in [0.3, 0.4) is 0 Å². The number of aromatic nitrogens is 1. The van der Waals surface area contributed by atoms with Crippen molar-refractivity contribution in [1.29, 1.82) is 0 Å². The molecule has 4 heteroatoms. The van der Waals surface area contributed by atoms with Gasteiger partial charge in [-0.3, -0.25) is 0 Å². The number of hydrogen-bond donors (Lipinski definition) is 1. The molecule has 2 rings (SSSR count). The Morgan fingerprint density at radius 3 is 2.67 bits per heavy atom. The van der Waals surface area contributed by atoms with Gasteiger partial charge in [-0.15, -0.1) is 0 Å². The van der Waals surface area contributed by atoms with Crippen LogP contribution < -0.4 is 5.73 Å². The molecule has 2 N–H and O–H groups in total. The van der Waals surface area contributed by atoms with Crippen molar-refractivity contribution in [2.75, 3.05) is 5.73 Å². The second kappa shape index (κ2) is 7.03. The molecular weight excluding hydrogens is 331 g/mol. The van der Waals surface area contributed by atoms with Gasteiger partial charge in [0.05, 0.1) is 5.69 Å². The molecule has 2 aromatic rings. The Bertz CT molecular complexity index is 641. The number of nitrogens with zero attached hydrogens (tertiary/aromatic N) is 1. The molecule has 0 saturated heterocycles. The number of nitrogens with two attached hydrogens (primary N) is 1. The Labute approximate surface area is 133 Å². The van der Waals surface area contributed by atoms with Crippen molar-refractivity contribution in [3.63, 3.8) is 0 Å². The van der Waals surface area contributed by atoms with E-state index in [1.54, 1.807) is 6.07 Å². The first kappa shape index (κ1) is 16.0. The molecule has 0 bridgehead atoms. The Morgan fingerprint density at radius 1 is 1.24 bits per heavy atom. The van der Waals surface area contributed by atoms with E-state index in [4.69, 9.17) is 5.73 Å². The molecule has 0 spiro atoms. The predicted molar refractivity (Wildman–Crippen MR) is 88.9 cm³/mol. The minimum absolute atomic E-state index is 0.103. The summed E-state index contributed by atoms with van der Waals surface area (Å²) in [6, 6.07) is 7.35. The van der Waals surface area contributed by atoms with E-state index in [9.17, 15) is 4.39 Å². The van der Waals surface area contributed by atoms with Crippen LogP contribution in [0, 0.1) is 12.7 Å². The van der Waals surface area contributed by atoms with Gasteiger partial charge in [-0.2, -0.15) is 0 Å². The minimum atomic E-state index is -0.103. The molecule has 0 saturated carbocycles. The van der Waals surface area contributed by atoms with E-state index in [2.05, 4.69) is 20.9 Å². The topological polar surface area (TPSA) is 38.9 Å². The van der Waals surface area contributed by atoms with Gasteiger partial charge in [0.2, 0.25) is 0 Å². The quantitative estimate of drug-likeness (QED) is 0.854. The van der Waals surface area contributed by atoms with Crippen LogP contribution in [0.1, 0.15) is 35.7 Å². The molecule has 0 aliphatic rings. The highest BCUT2D eigenvalue weighted by molar-refractivity contribution is 9.10. The number of aryl methyl sites for hydroxylation is 3. The zero-order chi connectivity index (χ0) is 15.4. The molecule has 2 nitrogen and oxygen atoms in total. The number of pyridine rings is 1. The maximum Gasteiger partial charge on any atom is 0.126 e. The Balaban J connectivity index is 2.05. The fourth-order valence-corrected chi connectivity index (χ4v) is 2.91. The predicted octanol–water partition coefficient (Wildman–Crippen LogP) is 4.61. The third-order valence-corrected chi connectivity index (χ3v) is 4.53. The molecule has 1 aromatic heterocycles. The third-order valence-electron chi connectivity index (χ3n) is 3.73. The van der Waals surface area contributed by atoms with Crippen LogP contribution in [0.25, 0.3) is 0 Å². The fourth-order valence-electron chi connectivity index (χ4n) is 2.54. The maximum absolute atomic E-state index is 13.7. The molecule has 0 unspecified atom stereocenters. The Hall–Kier alpha value is -1.42. The number of anilines is 1. The first-order valence-corrected chi connectivity index (χ1v) is 8.00. The van der Waals surface area contributed by atoms with Crippen molar-refractivity contribution >= 4 is 21.7 Å². The van der Waals surface area contributed by atoms with Gasteiger partial charge in [0, 0.05) is 4.47 Å². The summed E-state index contributed by atoms with van der Waals surface area (Å²) in [5, 5.41) is 0. The summed E-state index contributed by atoms with van der Waals surface area (Å²) in [6.07, 6.45) is 3.35. The summed E-state index contributed by atoms with van der Waals surface area (Å²) in [5.41, 5.74) is 9.82. The van der Waals surface area contributed by atoms with Crippen LogP contribution in [0.5, 0.6) is 0 Å². The number of hydrogen-bond acceptors (Lipinski definition) is 2. The second-order valence-electron chi connectivity index (χ2n) is 5.18. The van der Waals surface area contributed by atoms with E-state index >= 15 is 0 Å². The fraction of sp³-hybridized carbons (Fsp3) is 0.353. The average molecular weight is 351 g/mol. The lowest BCUT2D eigenvalue weighted by Gasteiger charge is -2.10. The largest absolute Gasteiger partial charge is 0.383 e. The van der Waals surface area contributed by atoms with Crippen molar-refractivity contribution in [3.8, 4) is 0 Å². The Morgan fingerprint density at radius 2 is 1.95 bits per heavy atom. The summed E-state index contributed by atoms with van der Waals surface area (Å²) in [6.45, 7) is 3.91. The van der Waals surface area contributed by atoms with Crippen LogP contribution in [0.4, 0.5) is 10.2 Å². The lowest BCUT2D eigenvalue weighted by atomic mass is 9.98. The molecule has 112 valence electrons. The van der Waals surface area contributed by atoms with Gasteiger partial charge in [-0.25, -0.2) is 9.37 Å². The molecule has 21 heavy (non-hydrogen) atoms.